The second-order valence-electron chi connectivity index (χ2n) is 6.55. The van der Waals surface area contributed by atoms with E-state index < -0.39 is 7.37 Å². The van der Waals surface area contributed by atoms with Crippen LogP contribution in [0.4, 0.5) is 0 Å². The first kappa shape index (κ1) is 18.4. The molecule has 0 bridgehead atoms. The van der Waals surface area contributed by atoms with Gasteiger partial charge in [-0.3, -0.25) is 4.57 Å². The van der Waals surface area contributed by atoms with Crippen LogP contribution in [0.15, 0.2) is 43.0 Å². The van der Waals surface area contributed by atoms with Gasteiger partial charge in [0.05, 0.1) is 6.10 Å². The van der Waals surface area contributed by atoms with Crippen molar-refractivity contribution in [2.75, 3.05) is 12.8 Å². The van der Waals surface area contributed by atoms with Gasteiger partial charge in [0.2, 0.25) is 7.37 Å². The molecule has 4 atom stereocenters. The van der Waals surface area contributed by atoms with Crippen molar-refractivity contribution >= 4 is 7.37 Å². The summed E-state index contributed by atoms with van der Waals surface area (Å²) in [6.07, 6.45) is 6.87. The van der Waals surface area contributed by atoms with Gasteiger partial charge in [0.25, 0.3) is 0 Å². The number of hydrogen-bond acceptors (Lipinski definition) is 2. The summed E-state index contributed by atoms with van der Waals surface area (Å²) >= 11 is 0. The Balaban J connectivity index is 1.99. The Morgan fingerprint density at radius 1 is 1.43 bits per heavy atom. The fourth-order valence-electron chi connectivity index (χ4n) is 3.45. The van der Waals surface area contributed by atoms with Gasteiger partial charge in [0.15, 0.2) is 0 Å². The van der Waals surface area contributed by atoms with Crippen molar-refractivity contribution in [3.8, 4) is 0 Å². The zero-order valence-corrected chi connectivity index (χ0v) is 15.0. The molecule has 0 aliphatic carbocycles. The van der Waals surface area contributed by atoms with Crippen LogP contribution in [-0.4, -0.2) is 29.4 Å². The molecule has 1 aliphatic rings. The molecule has 0 amide bonds. The topological polar surface area (TPSA) is 46.5 Å². The van der Waals surface area contributed by atoms with Gasteiger partial charge in [-0.15, -0.1) is 6.58 Å². The summed E-state index contributed by atoms with van der Waals surface area (Å²) in [5.74, 6) is 0.0489. The Labute approximate surface area is 140 Å². The highest BCUT2D eigenvalue weighted by Crippen LogP contribution is 2.54. The van der Waals surface area contributed by atoms with Gasteiger partial charge >= 0.3 is 0 Å². The lowest BCUT2D eigenvalue weighted by Gasteiger charge is -2.28. The number of allylic oxidation sites excluding steroid dienone is 1. The molecule has 4 heteroatoms. The highest BCUT2D eigenvalue weighted by molar-refractivity contribution is 7.58. The summed E-state index contributed by atoms with van der Waals surface area (Å²) in [5, 5.41) is 0. The first-order chi connectivity index (χ1) is 11.0. The molecule has 0 saturated carbocycles. The van der Waals surface area contributed by atoms with E-state index in [0.717, 1.165) is 37.9 Å². The number of hydrogen-bond donors (Lipinski definition) is 1. The molecule has 1 saturated heterocycles. The number of benzene rings is 1. The molecule has 23 heavy (non-hydrogen) atoms. The van der Waals surface area contributed by atoms with Crippen LogP contribution in [0.25, 0.3) is 0 Å². The van der Waals surface area contributed by atoms with E-state index in [1.165, 1.54) is 0 Å². The monoisotopic (exact) mass is 336 g/mol. The maximum absolute atomic E-state index is 13.0. The van der Waals surface area contributed by atoms with Crippen LogP contribution >= 0.6 is 7.37 Å². The SMILES string of the molecule is C=CCC(C(C)c1ccccc1)P(=O)(O)CCCC1CCCO1. The van der Waals surface area contributed by atoms with E-state index in [0.29, 0.717) is 18.7 Å². The van der Waals surface area contributed by atoms with Crippen molar-refractivity contribution in [3.63, 3.8) is 0 Å². The molecule has 128 valence electrons. The summed E-state index contributed by atoms with van der Waals surface area (Å²) in [7, 11) is -3.22. The number of rotatable bonds is 9. The van der Waals surface area contributed by atoms with Crippen LogP contribution < -0.4 is 0 Å². The van der Waals surface area contributed by atoms with Crippen LogP contribution in [0.3, 0.4) is 0 Å². The molecule has 0 radical (unpaired) electrons. The largest absolute Gasteiger partial charge is 0.378 e. The number of ether oxygens (including phenoxy) is 1. The standard InChI is InChI=1S/C19H29O3P/c1-3-9-19(16(2)17-10-5-4-6-11-17)23(20,21)15-8-13-18-12-7-14-22-18/h3-6,10-11,16,18-19H,1,7-9,12-15H2,2H3,(H,20,21). The quantitative estimate of drug-likeness (QED) is 0.512. The van der Waals surface area contributed by atoms with Crippen molar-refractivity contribution in [1.29, 1.82) is 0 Å². The van der Waals surface area contributed by atoms with E-state index in [1.54, 1.807) is 6.08 Å². The molecule has 1 heterocycles. The predicted molar refractivity (Wildman–Crippen MR) is 96.4 cm³/mol. The van der Waals surface area contributed by atoms with Crippen molar-refractivity contribution < 1.29 is 14.2 Å². The minimum Gasteiger partial charge on any atom is -0.378 e. The lowest BCUT2D eigenvalue weighted by Crippen LogP contribution is -2.18. The molecule has 1 aromatic rings. The lowest BCUT2D eigenvalue weighted by atomic mass is 9.96. The molecule has 2 rings (SSSR count). The summed E-state index contributed by atoms with van der Waals surface area (Å²) < 4.78 is 18.6. The molecule has 0 spiro atoms. The summed E-state index contributed by atoms with van der Waals surface area (Å²) in [4.78, 5) is 10.7. The Kier molecular flexibility index (Phi) is 7.08. The van der Waals surface area contributed by atoms with Gasteiger partial charge in [-0.1, -0.05) is 43.3 Å². The van der Waals surface area contributed by atoms with Gasteiger partial charge in [-0.2, -0.15) is 0 Å². The van der Waals surface area contributed by atoms with E-state index in [2.05, 4.69) is 6.58 Å². The molecule has 3 nitrogen and oxygen atoms in total. The molecule has 1 aromatic carbocycles. The zero-order chi connectivity index (χ0) is 16.7. The fraction of sp³-hybridized carbons (Fsp3) is 0.579. The molecule has 4 unspecified atom stereocenters. The van der Waals surface area contributed by atoms with Gasteiger partial charge in [-0.25, -0.2) is 0 Å². The van der Waals surface area contributed by atoms with Crippen LogP contribution in [0.5, 0.6) is 0 Å². The Hall–Kier alpha value is -0.890. The third-order valence-electron chi connectivity index (χ3n) is 4.86. The van der Waals surface area contributed by atoms with Crippen molar-refractivity contribution in [2.24, 2.45) is 0 Å². The maximum Gasteiger partial charge on any atom is 0.204 e. The molecular formula is C19H29O3P. The molecule has 0 aromatic heterocycles. The summed E-state index contributed by atoms with van der Waals surface area (Å²) in [6, 6.07) is 10.0. The minimum absolute atomic E-state index is 0.0489. The minimum atomic E-state index is -3.22. The average molecular weight is 336 g/mol. The predicted octanol–water partition coefficient (Wildman–Crippen LogP) is 4.96. The highest BCUT2D eigenvalue weighted by Gasteiger charge is 2.34. The molecule has 1 N–H and O–H groups in total. The Morgan fingerprint density at radius 3 is 2.78 bits per heavy atom. The van der Waals surface area contributed by atoms with Gasteiger partial charge in [-0.05, 0) is 43.6 Å². The van der Waals surface area contributed by atoms with Gasteiger partial charge in [0, 0.05) is 18.4 Å². The van der Waals surface area contributed by atoms with E-state index in [-0.39, 0.29) is 11.6 Å². The second kappa shape index (κ2) is 8.82. The van der Waals surface area contributed by atoms with Crippen LogP contribution in [0, 0.1) is 0 Å². The normalized spacial score (nSPS) is 23.1. The van der Waals surface area contributed by atoms with Crippen LogP contribution in [0.2, 0.25) is 0 Å². The maximum atomic E-state index is 13.0. The highest BCUT2D eigenvalue weighted by atomic mass is 31.2. The van der Waals surface area contributed by atoms with E-state index >= 15 is 0 Å². The van der Waals surface area contributed by atoms with E-state index in [1.807, 2.05) is 37.3 Å². The molecular weight excluding hydrogens is 307 g/mol. The fourth-order valence-corrected chi connectivity index (χ4v) is 5.77. The smallest absolute Gasteiger partial charge is 0.204 e. The van der Waals surface area contributed by atoms with Crippen molar-refractivity contribution in [2.45, 2.75) is 56.7 Å². The zero-order valence-electron chi connectivity index (χ0n) is 14.1. The molecule has 1 aliphatic heterocycles. The molecule has 1 fully saturated rings. The van der Waals surface area contributed by atoms with Gasteiger partial charge in [0.1, 0.15) is 0 Å². The lowest BCUT2D eigenvalue weighted by molar-refractivity contribution is 0.104. The Bertz CT molecular complexity index is 523. The van der Waals surface area contributed by atoms with Crippen molar-refractivity contribution in [1.82, 2.24) is 0 Å². The third kappa shape index (κ3) is 5.31. The summed E-state index contributed by atoms with van der Waals surface area (Å²) in [6.45, 7) is 6.67. The summed E-state index contributed by atoms with van der Waals surface area (Å²) in [5.41, 5.74) is 0.861. The van der Waals surface area contributed by atoms with E-state index in [4.69, 9.17) is 4.74 Å². The Morgan fingerprint density at radius 2 is 2.17 bits per heavy atom. The van der Waals surface area contributed by atoms with Crippen LogP contribution in [0.1, 0.15) is 50.5 Å². The first-order valence-electron chi connectivity index (χ1n) is 8.63. The van der Waals surface area contributed by atoms with Crippen molar-refractivity contribution in [3.05, 3.63) is 48.6 Å². The first-order valence-corrected chi connectivity index (χ1v) is 10.5. The van der Waals surface area contributed by atoms with Crippen LogP contribution in [-0.2, 0) is 9.30 Å². The average Bonchev–Trinajstić information content (AvgIpc) is 3.06. The van der Waals surface area contributed by atoms with E-state index in [9.17, 15) is 9.46 Å². The second-order valence-corrected chi connectivity index (χ2v) is 9.17. The van der Waals surface area contributed by atoms with Gasteiger partial charge < -0.3 is 9.63 Å². The third-order valence-corrected chi connectivity index (χ3v) is 7.51.